The van der Waals surface area contributed by atoms with E-state index in [-0.39, 0.29) is 0 Å². The third kappa shape index (κ3) is 2.67. The fourth-order valence-corrected chi connectivity index (χ4v) is 2.66. The van der Waals surface area contributed by atoms with Gasteiger partial charge in [-0.2, -0.15) is 0 Å². The monoisotopic (exact) mass is 271 g/mol. The highest BCUT2D eigenvalue weighted by atomic mass is 16.5. The molecule has 0 amide bonds. The molecule has 0 spiro atoms. The molecule has 0 saturated carbocycles. The molecular weight excluding hydrogens is 250 g/mol. The Morgan fingerprint density at radius 2 is 1.90 bits per heavy atom. The Kier molecular flexibility index (Phi) is 3.68. The summed E-state index contributed by atoms with van der Waals surface area (Å²) in [6.07, 6.45) is 0.292. The molecule has 3 rings (SSSR count). The van der Waals surface area contributed by atoms with E-state index < -0.39 is 0 Å². The SMILES string of the molecule is Cc1nc2ccccc2nc1CN1C[C@@H](C)OC[C@H]1C. The number of hydrogen-bond acceptors (Lipinski definition) is 4. The molecule has 4 heteroatoms. The molecule has 2 heterocycles. The number of aryl methyl sites for hydroxylation is 1. The Hall–Kier alpha value is -1.52. The van der Waals surface area contributed by atoms with Crippen LogP contribution in [0.2, 0.25) is 0 Å². The van der Waals surface area contributed by atoms with Crippen molar-refractivity contribution in [3.63, 3.8) is 0 Å². The van der Waals surface area contributed by atoms with E-state index in [1.54, 1.807) is 0 Å². The quantitative estimate of drug-likeness (QED) is 0.841. The van der Waals surface area contributed by atoms with E-state index in [2.05, 4.69) is 23.7 Å². The number of para-hydroxylation sites is 2. The highest BCUT2D eigenvalue weighted by Gasteiger charge is 2.24. The van der Waals surface area contributed by atoms with Crippen molar-refractivity contribution in [1.29, 1.82) is 0 Å². The van der Waals surface area contributed by atoms with Crippen LogP contribution in [0.5, 0.6) is 0 Å². The van der Waals surface area contributed by atoms with E-state index in [0.717, 1.165) is 42.1 Å². The van der Waals surface area contributed by atoms with E-state index in [0.29, 0.717) is 12.1 Å². The van der Waals surface area contributed by atoms with Crippen LogP contribution in [0.1, 0.15) is 25.2 Å². The number of morpholine rings is 1. The maximum atomic E-state index is 5.68. The predicted octanol–water partition coefficient (Wildman–Crippen LogP) is 2.55. The van der Waals surface area contributed by atoms with Gasteiger partial charge >= 0.3 is 0 Å². The van der Waals surface area contributed by atoms with Crippen LogP contribution in [-0.2, 0) is 11.3 Å². The van der Waals surface area contributed by atoms with Gasteiger partial charge in [0.05, 0.1) is 35.1 Å². The van der Waals surface area contributed by atoms with Gasteiger partial charge in [-0.25, -0.2) is 9.97 Å². The first-order valence-electron chi connectivity index (χ1n) is 7.21. The second-order valence-corrected chi connectivity index (χ2v) is 5.67. The van der Waals surface area contributed by atoms with Crippen LogP contribution < -0.4 is 0 Å². The van der Waals surface area contributed by atoms with Gasteiger partial charge in [-0.05, 0) is 32.9 Å². The van der Waals surface area contributed by atoms with Gasteiger partial charge in [0.15, 0.2) is 0 Å². The fraction of sp³-hybridized carbons (Fsp3) is 0.500. The third-order valence-corrected chi connectivity index (χ3v) is 3.93. The van der Waals surface area contributed by atoms with Crippen molar-refractivity contribution in [2.24, 2.45) is 0 Å². The van der Waals surface area contributed by atoms with Gasteiger partial charge in [-0.3, -0.25) is 4.90 Å². The molecule has 1 aliphatic rings. The number of fused-ring (bicyclic) bond motifs is 1. The van der Waals surface area contributed by atoms with Crippen LogP contribution in [-0.4, -0.2) is 40.2 Å². The summed E-state index contributed by atoms with van der Waals surface area (Å²) < 4.78 is 5.68. The van der Waals surface area contributed by atoms with Gasteiger partial charge in [-0.1, -0.05) is 12.1 Å². The molecule has 0 bridgehead atoms. The van der Waals surface area contributed by atoms with Crippen LogP contribution in [0.3, 0.4) is 0 Å². The molecule has 2 aromatic rings. The van der Waals surface area contributed by atoms with Crippen molar-refractivity contribution in [2.75, 3.05) is 13.2 Å². The molecule has 0 aliphatic carbocycles. The van der Waals surface area contributed by atoms with E-state index in [1.165, 1.54) is 0 Å². The molecule has 1 aliphatic heterocycles. The molecule has 4 nitrogen and oxygen atoms in total. The maximum Gasteiger partial charge on any atom is 0.0890 e. The number of hydrogen-bond donors (Lipinski definition) is 0. The second-order valence-electron chi connectivity index (χ2n) is 5.67. The van der Waals surface area contributed by atoms with Crippen LogP contribution in [0.15, 0.2) is 24.3 Å². The molecule has 0 unspecified atom stereocenters. The van der Waals surface area contributed by atoms with Crippen molar-refractivity contribution in [2.45, 2.75) is 39.5 Å². The first-order chi connectivity index (χ1) is 9.63. The number of benzene rings is 1. The number of nitrogens with zero attached hydrogens (tertiary/aromatic N) is 3. The summed E-state index contributed by atoms with van der Waals surface area (Å²) >= 11 is 0. The van der Waals surface area contributed by atoms with Gasteiger partial charge in [0, 0.05) is 19.1 Å². The van der Waals surface area contributed by atoms with E-state index in [1.807, 2.05) is 31.2 Å². The van der Waals surface area contributed by atoms with Crippen molar-refractivity contribution in [3.8, 4) is 0 Å². The van der Waals surface area contributed by atoms with E-state index >= 15 is 0 Å². The molecule has 1 aromatic heterocycles. The molecular formula is C16H21N3O. The van der Waals surface area contributed by atoms with Crippen molar-refractivity contribution < 1.29 is 4.74 Å². The second kappa shape index (κ2) is 5.46. The Balaban J connectivity index is 1.88. The van der Waals surface area contributed by atoms with Gasteiger partial charge in [0.25, 0.3) is 0 Å². The van der Waals surface area contributed by atoms with Gasteiger partial charge in [0.1, 0.15) is 0 Å². The molecule has 1 saturated heterocycles. The van der Waals surface area contributed by atoms with Crippen molar-refractivity contribution in [3.05, 3.63) is 35.7 Å². The zero-order valence-corrected chi connectivity index (χ0v) is 12.3. The molecule has 0 N–H and O–H groups in total. The zero-order valence-electron chi connectivity index (χ0n) is 12.3. The van der Waals surface area contributed by atoms with Crippen molar-refractivity contribution >= 4 is 11.0 Å². The summed E-state index contributed by atoms with van der Waals surface area (Å²) in [6, 6.07) is 8.48. The van der Waals surface area contributed by atoms with Gasteiger partial charge in [-0.15, -0.1) is 0 Å². The predicted molar refractivity (Wildman–Crippen MR) is 79.6 cm³/mol. The lowest BCUT2D eigenvalue weighted by Gasteiger charge is -2.36. The van der Waals surface area contributed by atoms with Crippen molar-refractivity contribution in [1.82, 2.24) is 14.9 Å². The number of rotatable bonds is 2. The number of ether oxygens (including phenoxy) is 1. The minimum atomic E-state index is 0.292. The summed E-state index contributed by atoms with van der Waals surface area (Å²) in [6.45, 7) is 8.96. The molecule has 2 atom stereocenters. The third-order valence-electron chi connectivity index (χ3n) is 3.93. The van der Waals surface area contributed by atoms with Crippen LogP contribution in [0.4, 0.5) is 0 Å². The average Bonchev–Trinajstić information content (AvgIpc) is 2.43. The fourth-order valence-electron chi connectivity index (χ4n) is 2.66. The highest BCUT2D eigenvalue weighted by Crippen LogP contribution is 2.18. The summed E-state index contributed by atoms with van der Waals surface area (Å²) in [5.74, 6) is 0. The summed E-state index contributed by atoms with van der Waals surface area (Å²) in [7, 11) is 0. The summed E-state index contributed by atoms with van der Waals surface area (Å²) in [5, 5.41) is 0. The Morgan fingerprint density at radius 3 is 2.65 bits per heavy atom. The minimum absolute atomic E-state index is 0.292. The molecule has 1 fully saturated rings. The maximum absolute atomic E-state index is 5.68. The average molecular weight is 271 g/mol. The van der Waals surface area contributed by atoms with Gasteiger partial charge < -0.3 is 4.74 Å². The summed E-state index contributed by atoms with van der Waals surface area (Å²) in [5.41, 5.74) is 4.04. The Bertz CT molecular complexity index is 614. The molecule has 106 valence electrons. The molecule has 0 radical (unpaired) electrons. The summed E-state index contributed by atoms with van der Waals surface area (Å²) in [4.78, 5) is 11.9. The van der Waals surface area contributed by atoms with Crippen LogP contribution >= 0.6 is 0 Å². The Labute approximate surface area is 119 Å². The zero-order chi connectivity index (χ0) is 14.1. The number of aromatic nitrogens is 2. The Morgan fingerprint density at radius 1 is 1.20 bits per heavy atom. The standard InChI is InChI=1S/C16H21N3O/c1-11-10-20-12(2)8-19(11)9-16-13(3)17-14-6-4-5-7-15(14)18-16/h4-7,11-12H,8-10H2,1-3H3/t11-,12-/m1/s1. The lowest BCUT2D eigenvalue weighted by atomic mass is 10.1. The van der Waals surface area contributed by atoms with Gasteiger partial charge in [0.2, 0.25) is 0 Å². The van der Waals surface area contributed by atoms with E-state index in [4.69, 9.17) is 9.72 Å². The first kappa shape index (κ1) is 13.5. The minimum Gasteiger partial charge on any atom is -0.376 e. The topological polar surface area (TPSA) is 38.2 Å². The highest BCUT2D eigenvalue weighted by molar-refractivity contribution is 5.74. The molecule has 20 heavy (non-hydrogen) atoms. The van der Waals surface area contributed by atoms with E-state index in [9.17, 15) is 0 Å². The lowest BCUT2D eigenvalue weighted by molar-refractivity contribution is -0.0531. The van der Waals surface area contributed by atoms with Crippen LogP contribution in [0.25, 0.3) is 11.0 Å². The first-order valence-corrected chi connectivity index (χ1v) is 7.21. The smallest absolute Gasteiger partial charge is 0.0890 e. The van der Waals surface area contributed by atoms with Crippen LogP contribution in [0, 0.1) is 6.92 Å². The lowest BCUT2D eigenvalue weighted by Crippen LogP contribution is -2.46. The largest absolute Gasteiger partial charge is 0.376 e. The molecule has 1 aromatic carbocycles. The normalized spacial score (nSPS) is 24.1.